The van der Waals surface area contributed by atoms with Crippen LogP contribution >= 0.6 is 0 Å². The van der Waals surface area contributed by atoms with Crippen molar-refractivity contribution < 1.29 is 23.1 Å². The molecule has 0 radical (unpaired) electrons. The predicted octanol–water partition coefficient (Wildman–Crippen LogP) is -1.28. The van der Waals surface area contributed by atoms with Crippen molar-refractivity contribution in [1.82, 2.24) is 4.90 Å². The third kappa shape index (κ3) is 2.22. The first-order chi connectivity index (χ1) is 6.33. The predicted molar refractivity (Wildman–Crippen MR) is 47.5 cm³/mol. The van der Waals surface area contributed by atoms with Crippen LogP contribution < -0.4 is 0 Å². The first kappa shape index (κ1) is 11.0. The minimum atomic E-state index is -3.42. The fourth-order valence-electron chi connectivity index (χ4n) is 1.27. The molecule has 1 aliphatic heterocycles. The molecule has 1 unspecified atom stereocenters. The van der Waals surface area contributed by atoms with Gasteiger partial charge in [-0.15, -0.1) is 0 Å². The third-order valence-electron chi connectivity index (χ3n) is 2.18. The minimum Gasteiger partial charge on any atom is -0.480 e. The number of hydrogen-bond acceptors (Lipinski definition) is 4. The van der Waals surface area contributed by atoms with E-state index in [4.69, 9.17) is 5.11 Å². The zero-order valence-electron chi connectivity index (χ0n) is 7.63. The van der Waals surface area contributed by atoms with Gasteiger partial charge in [-0.3, -0.25) is 4.79 Å². The lowest BCUT2D eigenvalue weighted by Crippen LogP contribution is -2.44. The van der Waals surface area contributed by atoms with E-state index in [1.165, 1.54) is 7.05 Å². The Balaban J connectivity index is 3.01. The molecule has 1 fully saturated rings. The van der Waals surface area contributed by atoms with Gasteiger partial charge in [-0.25, -0.2) is 13.2 Å². The van der Waals surface area contributed by atoms with Gasteiger partial charge in [0.25, 0.3) is 0 Å². The molecule has 1 aliphatic rings. The summed E-state index contributed by atoms with van der Waals surface area (Å²) < 4.78 is 22.5. The summed E-state index contributed by atoms with van der Waals surface area (Å²) in [5.41, 5.74) is 0. The molecule has 0 spiro atoms. The highest BCUT2D eigenvalue weighted by molar-refractivity contribution is 7.91. The zero-order valence-corrected chi connectivity index (χ0v) is 8.45. The van der Waals surface area contributed by atoms with E-state index in [1.54, 1.807) is 0 Å². The number of carboxylic acids is 1. The van der Waals surface area contributed by atoms with Crippen molar-refractivity contribution in [3.63, 3.8) is 0 Å². The molecule has 80 valence electrons. The van der Waals surface area contributed by atoms with Gasteiger partial charge in [0.2, 0.25) is 5.91 Å². The largest absolute Gasteiger partial charge is 0.480 e. The quantitative estimate of drug-likeness (QED) is 0.595. The van der Waals surface area contributed by atoms with Crippen molar-refractivity contribution >= 4 is 21.7 Å². The van der Waals surface area contributed by atoms with Crippen molar-refractivity contribution in [2.45, 2.75) is 12.5 Å². The van der Waals surface area contributed by atoms with Crippen LogP contribution in [0.3, 0.4) is 0 Å². The van der Waals surface area contributed by atoms with Gasteiger partial charge < -0.3 is 10.0 Å². The highest BCUT2D eigenvalue weighted by Crippen LogP contribution is 2.11. The van der Waals surface area contributed by atoms with Gasteiger partial charge >= 0.3 is 5.97 Å². The molecule has 7 heteroatoms. The zero-order chi connectivity index (χ0) is 10.9. The summed E-state index contributed by atoms with van der Waals surface area (Å²) in [6.45, 7) is 0. The van der Waals surface area contributed by atoms with Crippen molar-refractivity contribution in [3.05, 3.63) is 0 Å². The second-order valence-corrected chi connectivity index (χ2v) is 5.45. The van der Waals surface area contributed by atoms with Crippen LogP contribution in [-0.4, -0.2) is 54.9 Å². The number of nitrogens with zero attached hydrogens (tertiary/aromatic N) is 1. The molecule has 0 aromatic rings. The first-order valence-corrected chi connectivity index (χ1v) is 5.84. The molecule has 1 amide bonds. The van der Waals surface area contributed by atoms with Crippen LogP contribution in [0, 0.1) is 0 Å². The Labute approximate surface area is 81.4 Å². The van der Waals surface area contributed by atoms with E-state index in [1.807, 2.05) is 0 Å². The topological polar surface area (TPSA) is 91.8 Å². The SMILES string of the molecule is CN1C(=O)CCS(=O)(=O)CC1C(=O)O. The molecule has 0 aromatic heterocycles. The highest BCUT2D eigenvalue weighted by Gasteiger charge is 2.35. The van der Waals surface area contributed by atoms with Gasteiger partial charge in [0.15, 0.2) is 9.84 Å². The molecule has 0 bridgehead atoms. The number of sulfone groups is 1. The Morgan fingerprint density at radius 1 is 1.57 bits per heavy atom. The van der Waals surface area contributed by atoms with Crippen LogP contribution in [-0.2, 0) is 19.4 Å². The van der Waals surface area contributed by atoms with Gasteiger partial charge in [0, 0.05) is 13.5 Å². The summed E-state index contributed by atoms with van der Waals surface area (Å²) in [4.78, 5) is 22.9. The summed E-state index contributed by atoms with van der Waals surface area (Å²) >= 11 is 0. The Kier molecular flexibility index (Phi) is 2.79. The van der Waals surface area contributed by atoms with Gasteiger partial charge in [-0.2, -0.15) is 0 Å². The summed E-state index contributed by atoms with van der Waals surface area (Å²) in [6.07, 6.45) is -0.136. The number of likely N-dealkylation sites (N-methyl/N-ethyl adjacent to an activating group) is 1. The summed E-state index contributed by atoms with van der Waals surface area (Å²) in [6, 6.07) is -1.25. The van der Waals surface area contributed by atoms with Crippen LogP contribution in [0.15, 0.2) is 0 Å². The van der Waals surface area contributed by atoms with Gasteiger partial charge in [0.1, 0.15) is 6.04 Å². The number of carbonyl (C=O) groups is 2. The van der Waals surface area contributed by atoms with E-state index >= 15 is 0 Å². The number of hydrogen-bond donors (Lipinski definition) is 1. The van der Waals surface area contributed by atoms with Crippen LogP contribution in [0.4, 0.5) is 0 Å². The number of aliphatic carboxylic acids is 1. The molecule has 14 heavy (non-hydrogen) atoms. The van der Waals surface area contributed by atoms with E-state index < -0.39 is 33.5 Å². The number of amides is 1. The second-order valence-electron chi connectivity index (χ2n) is 3.22. The minimum absolute atomic E-state index is 0.136. The number of carboxylic acid groups (broad SMARTS) is 1. The lowest BCUT2D eigenvalue weighted by molar-refractivity contribution is -0.147. The van der Waals surface area contributed by atoms with E-state index in [9.17, 15) is 18.0 Å². The third-order valence-corrected chi connectivity index (χ3v) is 3.83. The summed E-state index contributed by atoms with van der Waals surface area (Å²) in [5, 5.41) is 8.73. The Morgan fingerprint density at radius 2 is 2.14 bits per heavy atom. The molecule has 1 heterocycles. The molecule has 0 aromatic carbocycles. The van der Waals surface area contributed by atoms with Crippen molar-refractivity contribution in [2.75, 3.05) is 18.6 Å². The molecule has 1 rings (SSSR count). The lowest BCUT2D eigenvalue weighted by Gasteiger charge is -2.20. The Hall–Kier alpha value is -1.11. The fourth-order valence-corrected chi connectivity index (χ4v) is 2.77. The van der Waals surface area contributed by atoms with E-state index in [0.29, 0.717) is 0 Å². The van der Waals surface area contributed by atoms with E-state index in [2.05, 4.69) is 0 Å². The Morgan fingerprint density at radius 3 is 2.64 bits per heavy atom. The van der Waals surface area contributed by atoms with Crippen molar-refractivity contribution in [2.24, 2.45) is 0 Å². The molecule has 1 atom stereocenters. The standard InChI is InChI=1S/C7H11NO5S/c1-8-5(7(10)11)4-14(12,13)3-2-6(8)9/h5H,2-4H2,1H3,(H,10,11). The monoisotopic (exact) mass is 221 g/mol. The number of carbonyl (C=O) groups excluding carboxylic acids is 1. The molecular formula is C7H11NO5S. The van der Waals surface area contributed by atoms with Gasteiger partial charge in [-0.05, 0) is 0 Å². The van der Waals surface area contributed by atoms with Crippen LogP contribution in [0.5, 0.6) is 0 Å². The summed E-state index contributed by atoms with van der Waals surface area (Å²) in [5.74, 6) is -2.49. The molecule has 1 N–H and O–H groups in total. The maximum absolute atomic E-state index is 11.2. The van der Waals surface area contributed by atoms with E-state index in [-0.39, 0.29) is 12.2 Å². The van der Waals surface area contributed by atoms with Crippen molar-refractivity contribution in [3.8, 4) is 0 Å². The van der Waals surface area contributed by atoms with Crippen LogP contribution in [0.1, 0.15) is 6.42 Å². The van der Waals surface area contributed by atoms with Crippen LogP contribution in [0.2, 0.25) is 0 Å². The molecule has 6 nitrogen and oxygen atoms in total. The molecular weight excluding hydrogens is 210 g/mol. The fraction of sp³-hybridized carbons (Fsp3) is 0.714. The molecule has 1 saturated heterocycles. The molecule has 0 saturated carbocycles. The molecule has 0 aliphatic carbocycles. The average molecular weight is 221 g/mol. The number of rotatable bonds is 1. The van der Waals surface area contributed by atoms with Crippen molar-refractivity contribution in [1.29, 1.82) is 0 Å². The Bertz CT molecular complexity index is 360. The summed E-state index contributed by atoms with van der Waals surface area (Å²) in [7, 11) is -2.12. The van der Waals surface area contributed by atoms with E-state index in [0.717, 1.165) is 4.90 Å². The maximum Gasteiger partial charge on any atom is 0.327 e. The second kappa shape index (κ2) is 3.56. The lowest BCUT2D eigenvalue weighted by atomic mass is 10.3. The smallest absolute Gasteiger partial charge is 0.327 e. The first-order valence-electron chi connectivity index (χ1n) is 4.02. The van der Waals surface area contributed by atoms with Gasteiger partial charge in [0.05, 0.1) is 11.5 Å². The maximum atomic E-state index is 11.2. The average Bonchev–Trinajstić information content (AvgIpc) is 2.17. The van der Waals surface area contributed by atoms with Gasteiger partial charge in [-0.1, -0.05) is 0 Å². The van der Waals surface area contributed by atoms with Crippen LogP contribution in [0.25, 0.3) is 0 Å². The highest BCUT2D eigenvalue weighted by atomic mass is 32.2. The normalized spacial score (nSPS) is 27.1.